The molecule has 0 aliphatic heterocycles. The SMILES string of the molecule is CC(C)(C)[Si](C)(C)Oc1coc(C=O)cc1=O. The van der Waals surface area contributed by atoms with Gasteiger partial charge in [-0.1, -0.05) is 20.8 Å². The number of aldehydes is 1. The first-order valence-electron chi connectivity index (χ1n) is 5.44. The van der Waals surface area contributed by atoms with E-state index in [0.717, 1.165) is 6.07 Å². The lowest BCUT2D eigenvalue weighted by Crippen LogP contribution is -2.44. The molecule has 5 heteroatoms. The molecule has 94 valence electrons. The molecular weight excluding hydrogens is 236 g/mol. The maximum absolute atomic E-state index is 11.7. The van der Waals surface area contributed by atoms with E-state index in [9.17, 15) is 9.59 Å². The van der Waals surface area contributed by atoms with Gasteiger partial charge in [-0.2, -0.15) is 0 Å². The lowest BCUT2D eigenvalue weighted by molar-refractivity contribution is 0.109. The van der Waals surface area contributed by atoms with E-state index in [1.807, 2.05) is 13.1 Å². The van der Waals surface area contributed by atoms with Crippen LogP contribution in [0.5, 0.6) is 5.75 Å². The number of carbonyl (C=O) groups is 1. The molecule has 0 unspecified atom stereocenters. The fourth-order valence-corrected chi connectivity index (χ4v) is 1.98. The summed E-state index contributed by atoms with van der Waals surface area (Å²) in [5, 5.41) is 0.00275. The summed E-state index contributed by atoms with van der Waals surface area (Å²) >= 11 is 0. The molecule has 0 saturated carbocycles. The Hall–Kier alpha value is -1.36. The third-order valence-corrected chi connectivity index (χ3v) is 7.45. The van der Waals surface area contributed by atoms with Crippen LogP contribution in [-0.4, -0.2) is 14.6 Å². The molecule has 0 N–H and O–H groups in total. The summed E-state index contributed by atoms with van der Waals surface area (Å²) in [6, 6.07) is 1.15. The maximum Gasteiger partial charge on any atom is 0.250 e. The van der Waals surface area contributed by atoms with Gasteiger partial charge in [-0.15, -0.1) is 0 Å². The molecule has 0 bridgehead atoms. The summed E-state index contributed by atoms with van der Waals surface area (Å²) in [6.45, 7) is 10.3. The van der Waals surface area contributed by atoms with Crippen molar-refractivity contribution in [1.82, 2.24) is 0 Å². The summed E-state index contributed by atoms with van der Waals surface area (Å²) in [7, 11) is -2.05. The fraction of sp³-hybridized carbons (Fsp3) is 0.500. The summed E-state index contributed by atoms with van der Waals surface area (Å²) in [5.41, 5.74) is -0.317. The fourth-order valence-electron chi connectivity index (χ4n) is 0.978. The molecule has 4 nitrogen and oxygen atoms in total. The van der Waals surface area contributed by atoms with E-state index in [-0.39, 0.29) is 22.0 Å². The Morgan fingerprint density at radius 1 is 1.35 bits per heavy atom. The Morgan fingerprint density at radius 3 is 2.35 bits per heavy atom. The molecule has 0 radical (unpaired) electrons. The van der Waals surface area contributed by atoms with E-state index in [4.69, 9.17) is 8.84 Å². The monoisotopic (exact) mass is 254 g/mol. The minimum absolute atomic E-state index is 0.00275. The molecule has 0 aliphatic rings. The van der Waals surface area contributed by atoms with E-state index in [2.05, 4.69) is 20.8 Å². The van der Waals surface area contributed by atoms with Crippen LogP contribution in [0.1, 0.15) is 31.3 Å². The van der Waals surface area contributed by atoms with Crippen LogP contribution in [-0.2, 0) is 0 Å². The van der Waals surface area contributed by atoms with Crippen molar-refractivity contribution in [3.63, 3.8) is 0 Å². The van der Waals surface area contributed by atoms with Crippen LogP contribution in [0.4, 0.5) is 0 Å². The van der Waals surface area contributed by atoms with Gasteiger partial charge in [0.2, 0.25) is 5.43 Å². The molecule has 0 saturated heterocycles. The van der Waals surface area contributed by atoms with Crippen LogP contribution in [0.3, 0.4) is 0 Å². The molecule has 0 amide bonds. The first kappa shape index (κ1) is 13.7. The van der Waals surface area contributed by atoms with E-state index in [1.54, 1.807) is 0 Å². The highest BCUT2D eigenvalue weighted by molar-refractivity contribution is 6.74. The number of carbonyl (C=O) groups excluding carboxylic acids is 1. The van der Waals surface area contributed by atoms with Gasteiger partial charge in [0.05, 0.1) is 0 Å². The van der Waals surface area contributed by atoms with Crippen molar-refractivity contribution in [3.8, 4) is 5.75 Å². The van der Waals surface area contributed by atoms with Crippen molar-refractivity contribution < 1.29 is 13.6 Å². The standard InChI is InChI=1S/C12H18O4Si/c1-12(2,3)17(4,5)16-11-8-15-9(7-13)6-10(11)14/h6-8H,1-5H3. The summed E-state index contributed by atoms with van der Waals surface area (Å²) in [4.78, 5) is 22.1. The lowest BCUT2D eigenvalue weighted by atomic mass is 10.2. The minimum atomic E-state index is -2.05. The third kappa shape index (κ3) is 3.06. The second-order valence-electron chi connectivity index (χ2n) is 5.49. The van der Waals surface area contributed by atoms with Crippen molar-refractivity contribution in [2.45, 2.75) is 38.9 Å². The highest BCUT2D eigenvalue weighted by atomic mass is 28.4. The minimum Gasteiger partial charge on any atom is -0.539 e. The average Bonchev–Trinajstić information content (AvgIpc) is 2.19. The van der Waals surface area contributed by atoms with E-state index < -0.39 is 8.32 Å². The highest BCUT2D eigenvalue weighted by Crippen LogP contribution is 2.36. The zero-order chi connectivity index (χ0) is 13.3. The van der Waals surface area contributed by atoms with Gasteiger partial charge in [0.25, 0.3) is 8.32 Å². The molecule has 0 aromatic carbocycles. The Balaban J connectivity index is 3.05. The Morgan fingerprint density at radius 2 is 1.94 bits per heavy atom. The van der Waals surface area contributed by atoms with Crippen molar-refractivity contribution in [3.05, 3.63) is 28.3 Å². The van der Waals surface area contributed by atoms with Crippen LogP contribution < -0.4 is 9.85 Å². The normalized spacial score (nSPS) is 12.3. The number of hydrogen-bond donors (Lipinski definition) is 0. The first-order chi connectivity index (χ1) is 7.67. The predicted molar refractivity (Wildman–Crippen MR) is 68.2 cm³/mol. The van der Waals surface area contributed by atoms with Crippen LogP contribution in [0.15, 0.2) is 21.5 Å². The van der Waals surface area contributed by atoms with Crippen molar-refractivity contribution >= 4 is 14.6 Å². The largest absolute Gasteiger partial charge is 0.539 e. The van der Waals surface area contributed by atoms with E-state index >= 15 is 0 Å². The topological polar surface area (TPSA) is 56.5 Å². The number of hydrogen-bond acceptors (Lipinski definition) is 4. The Kier molecular flexibility index (Phi) is 3.61. The van der Waals surface area contributed by atoms with Gasteiger partial charge in [0.15, 0.2) is 17.8 Å². The molecule has 0 atom stereocenters. The van der Waals surface area contributed by atoms with Crippen molar-refractivity contribution in [1.29, 1.82) is 0 Å². The van der Waals surface area contributed by atoms with Crippen LogP contribution in [0, 0.1) is 0 Å². The molecule has 1 aromatic heterocycles. The Labute approximate surface area is 102 Å². The van der Waals surface area contributed by atoms with Crippen LogP contribution in [0.25, 0.3) is 0 Å². The quantitative estimate of drug-likeness (QED) is 0.615. The van der Waals surface area contributed by atoms with Gasteiger partial charge in [0.1, 0.15) is 6.26 Å². The molecule has 17 heavy (non-hydrogen) atoms. The zero-order valence-electron chi connectivity index (χ0n) is 10.9. The smallest absolute Gasteiger partial charge is 0.250 e. The number of rotatable bonds is 3. The van der Waals surface area contributed by atoms with Gasteiger partial charge in [-0.25, -0.2) is 0 Å². The zero-order valence-corrected chi connectivity index (χ0v) is 11.9. The first-order valence-corrected chi connectivity index (χ1v) is 8.35. The van der Waals surface area contributed by atoms with Gasteiger partial charge in [-0.05, 0) is 18.1 Å². The summed E-state index contributed by atoms with van der Waals surface area (Å²) in [5.74, 6) is 0.194. The van der Waals surface area contributed by atoms with E-state index in [0.29, 0.717) is 6.29 Å². The molecular formula is C12H18O4Si. The van der Waals surface area contributed by atoms with Gasteiger partial charge >= 0.3 is 0 Å². The Bertz CT molecular complexity index is 468. The lowest BCUT2D eigenvalue weighted by Gasteiger charge is -2.35. The van der Waals surface area contributed by atoms with E-state index in [1.165, 1.54) is 6.26 Å². The molecule has 0 aliphatic carbocycles. The van der Waals surface area contributed by atoms with Crippen LogP contribution >= 0.6 is 0 Å². The average molecular weight is 254 g/mol. The highest BCUT2D eigenvalue weighted by Gasteiger charge is 2.39. The van der Waals surface area contributed by atoms with Gasteiger partial charge in [-0.3, -0.25) is 9.59 Å². The second kappa shape index (κ2) is 4.48. The molecule has 0 spiro atoms. The van der Waals surface area contributed by atoms with Crippen molar-refractivity contribution in [2.24, 2.45) is 0 Å². The summed E-state index contributed by atoms with van der Waals surface area (Å²) < 4.78 is 10.8. The van der Waals surface area contributed by atoms with Crippen molar-refractivity contribution in [2.75, 3.05) is 0 Å². The van der Waals surface area contributed by atoms with Gasteiger partial charge < -0.3 is 8.84 Å². The molecule has 1 rings (SSSR count). The van der Waals surface area contributed by atoms with Gasteiger partial charge in [0, 0.05) is 6.07 Å². The molecule has 1 aromatic rings. The molecule has 0 fully saturated rings. The molecule has 1 heterocycles. The maximum atomic E-state index is 11.7. The second-order valence-corrected chi connectivity index (χ2v) is 10.2. The van der Waals surface area contributed by atoms with Crippen LogP contribution in [0.2, 0.25) is 18.1 Å². The summed E-state index contributed by atoms with van der Waals surface area (Å²) in [6.07, 6.45) is 1.71. The third-order valence-electron chi connectivity index (χ3n) is 3.11. The predicted octanol–water partition coefficient (Wildman–Crippen LogP) is 2.84.